The van der Waals surface area contributed by atoms with Crippen molar-refractivity contribution in [2.75, 3.05) is 13.7 Å². The molecule has 0 bridgehead atoms. The van der Waals surface area contributed by atoms with E-state index in [0.717, 1.165) is 0 Å². The third kappa shape index (κ3) is 5.04. The minimum atomic E-state index is -1.90. The van der Waals surface area contributed by atoms with Crippen molar-refractivity contribution in [3.8, 4) is 0 Å². The zero-order valence-electron chi connectivity index (χ0n) is 6.73. The van der Waals surface area contributed by atoms with Crippen LogP contribution in [0.15, 0.2) is 0 Å². The largest absolute Gasteiger partial charge is 0.383 e. The second-order valence-electron chi connectivity index (χ2n) is 2.33. The molecule has 0 aromatic carbocycles. The SMILES string of the molecule is COC[C@H](C)NC(=O)C(Cl)(Cl)Cl. The lowest BCUT2D eigenvalue weighted by Crippen LogP contribution is -2.42. The molecule has 0 fully saturated rings. The van der Waals surface area contributed by atoms with E-state index in [-0.39, 0.29) is 6.04 Å². The highest BCUT2D eigenvalue weighted by atomic mass is 35.6. The van der Waals surface area contributed by atoms with E-state index < -0.39 is 9.70 Å². The lowest BCUT2D eigenvalue weighted by Gasteiger charge is -2.16. The van der Waals surface area contributed by atoms with Crippen molar-refractivity contribution < 1.29 is 9.53 Å². The van der Waals surface area contributed by atoms with Crippen LogP contribution in [0.2, 0.25) is 0 Å². The van der Waals surface area contributed by atoms with Crippen LogP contribution in [-0.4, -0.2) is 29.5 Å². The highest BCUT2D eigenvalue weighted by molar-refractivity contribution is 6.76. The van der Waals surface area contributed by atoms with Gasteiger partial charge in [0.1, 0.15) is 0 Å². The van der Waals surface area contributed by atoms with Gasteiger partial charge in [0.05, 0.1) is 6.61 Å². The van der Waals surface area contributed by atoms with E-state index in [0.29, 0.717) is 6.61 Å². The van der Waals surface area contributed by atoms with Crippen molar-refractivity contribution in [2.24, 2.45) is 0 Å². The predicted octanol–water partition coefficient (Wildman–Crippen LogP) is 1.51. The quantitative estimate of drug-likeness (QED) is 0.752. The van der Waals surface area contributed by atoms with Crippen molar-refractivity contribution in [2.45, 2.75) is 16.8 Å². The minimum absolute atomic E-state index is 0.168. The van der Waals surface area contributed by atoms with Crippen LogP contribution in [0.25, 0.3) is 0 Å². The van der Waals surface area contributed by atoms with Gasteiger partial charge in [-0.2, -0.15) is 0 Å². The van der Waals surface area contributed by atoms with Crippen LogP contribution in [0.1, 0.15) is 6.92 Å². The normalized spacial score (nSPS) is 14.1. The van der Waals surface area contributed by atoms with Crippen LogP contribution in [-0.2, 0) is 9.53 Å². The highest BCUT2D eigenvalue weighted by Gasteiger charge is 2.31. The molecular formula is C6H10Cl3NO2. The zero-order chi connectivity index (χ0) is 9.78. The lowest BCUT2D eigenvalue weighted by molar-refractivity contribution is -0.121. The fraction of sp³-hybridized carbons (Fsp3) is 0.833. The first-order valence-corrected chi connectivity index (χ1v) is 4.38. The molecule has 6 heteroatoms. The van der Waals surface area contributed by atoms with E-state index in [1.54, 1.807) is 6.92 Å². The van der Waals surface area contributed by atoms with Gasteiger partial charge in [0.15, 0.2) is 0 Å². The number of nitrogens with one attached hydrogen (secondary N) is 1. The molecule has 0 aliphatic heterocycles. The summed E-state index contributed by atoms with van der Waals surface area (Å²) in [6, 6.07) is -0.168. The topological polar surface area (TPSA) is 38.3 Å². The van der Waals surface area contributed by atoms with Gasteiger partial charge in [-0.25, -0.2) is 0 Å². The molecule has 0 aliphatic carbocycles. The van der Waals surface area contributed by atoms with E-state index >= 15 is 0 Å². The van der Waals surface area contributed by atoms with Crippen LogP contribution in [0.4, 0.5) is 0 Å². The van der Waals surface area contributed by atoms with Gasteiger partial charge in [-0.05, 0) is 6.92 Å². The van der Waals surface area contributed by atoms with Crippen molar-refractivity contribution in [1.82, 2.24) is 5.32 Å². The maximum Gasteiger partial charge on any atom is 0.272 e. The van der Waals surface area contributed by atoms with Crippen molar-refractivity contribution in [3.05, 3.63) is 0 Å². The third-order valence-electron chi connectivity index (χ3n) is 1.05. The summed E-state index contributed by atoms with van der Waals surface area (Å²) >= 11 is 15.9. The molecule has 0 unspecified atom stereocenters. The molecule has 0 saturated heterocycles. The summed E-state index contributed by atoms with van der Waals surface area (Å²) < 4.78 is 2.87. The molecule has 1 N–H and O–H groups in total. The second-order valence-corrected chi connectivity index (χ2v) is 4.61. The van der Waals surface area contributed by atoms with Gasteiger partial charge in [0, 0.05) is 13.2 Å². The molecule has 0 spiro atoms. The highest BCUT2D eigenvalue weighted by Crippen LogP contribution is 2.25. The second kappa shape index (κ2) is 5.12. The fourth-order valence-electron chi connectivity index (χ4n) is 0.597. The van der Waals surface area contributed by atoms with Crippen LogP contribution >= 0.6 is 34.8 Å². The number of hydrogen-bond donors (Lipinski definition) is 1. The average molecular weight is 235 g/mol. The Labute approximate surface area is 86.3 Å². The Balaban J connectivity index is 3.85. The molecule has 12 heavy (non-hydrogen) atoms. The maximum absolute atomic E-state index is 11.0. The van der Waals surface area contributed by atoms with Crippen molar-refractivity contribution in [1.29, 1.82) is 0 Å². The number of carbonyl (C=O) groups is 1. The summed E-state index contributed by atoms with van der Waals surface area (Å²) in [4.78, 5) is 11.0. The molecule has 0 heterocycles. The van der Waals surface area contributed by atoms with Crippen molar-refractivity contribution in [3.63, 3.8) is 0 Å². The summed E-state index contributed by atoms with van der Waals surface area (Å²) in [5, 5.41) is 2.46. The first-order chi connectivity index (χ1) is 5.38. The fourth-order valence-corrected chi connectivity index (χ4v) is 0.761. The Morgan fingerprint density at radius 2 is 2.08 bits per heavy atom. The summed E-state index contributed by atoms with van der Waals surface area (Å²) in [6.45, 7) is 2.13. The molecule has 72 valence electrons. The number of alkyl halides is 3. The van der Waals surface area contributed by atoms with E-state index in [1.165, 1.54) is 7.11 Å². The molecule has 0 radical (unpaired) electrons. The Kier molecular flexibility index (Phi) is 5.25. The Morgan fingerprint density at radius 3 is 2.42 bits per heavy atom. The van der Waals surface area contributed by atoms with E-state index in [4.69, 9.17) is 39.5 Å². The summed E-state index contributed by atoms with van der Waals surface area (Å²) in [5.74, 6) is -0.642. The lowest BCUT2D eigenvalue weighted by atomic mass is 10.3. The molecule has 0 rings (SSSR count). The first kappa shape index (κ1) is 12.3. The Morgan fingerprint density at radius 1 is 1.58 bits per heavy atom. The summed E-state index contributed by atoms with van der Waals surface area (Å²) in [7, 11) is 1.53. The van der Waals surface area contributed by atoms with E-state index in [2.05, 4.69) is 5.32 Å². The van der Waals surface area contributed by atoms with Crippen LogP contribution < -0.4 is 5.32 Å². The van der Waals surface area contributed by atoms with E-state index in [1.807, 2.05) is 0 Å². The number of halogens is 3. The van der Waals surface area contributed by atoms with Crippen molar-refractivity contribution >= 4 is 40.7 Å². The number of rotatable bonds is 3. The summed E-state index contributed by atoms with van der Waals surface area (Å²) in [5.41, 5.74) is 0. The molecular weight excluding hydrogens is 224 g/mol. The minimum Gasteiger partial charge on any atom is -0.383 e. The molecule has 0 saturated carbocycles. The predicted molar refractivity (Wildman–Crippen MR) is 49.8 cm³/mol. The van der Waals surface area contributed by atoms with Gasteiger partial charge in [-0.3, -0.25) is 4.79 Å². The van der Waals surface area contributed by atoms with Crippen LogP contribution in [0.3, 0.4) is 0 Å². The molecule has 0 aliphatic rings. The molecule has 3 nitrogen and oxygen atoms in total. The molecule has 1 atom stereocenters. The number of methoxy groups -OCH3 is 1. The van der Waals surface area contributed by atoms with Crippen LogP contribution in [0.5, 0.6) is 0 Å². The van der Waals surface area contributed by atoms with Gasteiger partial charge >= 0.3 is 0 Å². The smallest absolute Gasteiger partial charge is 0.272 e. The van der Waals surface area contributed by atoms with Gasteiger partial charge in [-0.15, -0.1) is 0 Å². The Hall–Kier alpha value is 0.300. The maximum atomic E-state index is 11.0. The average Bonchev–Trinajstić information content (AvgIpc) is 1.85. The standard InChI is InChI=1S/C6H10Cl3NO2/c1-4(3-12-2)10-5(11)6(7,8)9/h4H,3H2,1-2H3,(H,10,11)/t4-/m0/s1. The summed E-state index contributed by atoms with van der Waals surface area (Å²) in [6.07, 6.45) is 0. The van der Waals surface area contributed by atoms with Crippen LogP contribution in [0, 0.1) is 0 Å². The molecule has 1 amide bonds. The van der Waals surface area contributed by atoms with Gasteiger partial charge in [0.2, 0.25) is 0 Å². The number of carbonyl (C=O) groups excluding carboxylic acids is 1. The van der Waals surface area contributed by atoms with Gasteiger partial charge in [-0.1, -0.05) is 34.8 Å². The molecule has 0 aromatic rings. The monoisotopic (exact) mass is 233 g/mol. The third-order valence-corrected chi connectivity index (χ3v) is 1.57. The number of ether oxygens (including phenoxy) is 1. The Bertz CT molecular complexity index is 157. The van der Waals surface area contributed by atoms with Gasteiger partial charge in [0.25, 0.3) is 9.70 Å². The van der Waals surface area contributed by atoms with Gasteiger partial charge < -0.3 is 10.1 Å². The number of hydrogen-bond acceptors (Lipinski definition) is 2. The molecule has 0 aromatic heterocycles. The van der Waals surface area contributed by atoms with E-state index in [9.17, 15) is 4.79 Å². The first-order valence-electron chi connectivity index (χ1n) is 3.24. The zero-order valence-corrected chi connectivity index (χ0v) is 9.00. The number of amides is 1.